The van der Waals surface area contributed by atoms with Gasteiger partial charge in [-0.05, 0) is 97.2 Å². The van der Waals surface area contributed by atoms with Crippen molar-refractivity contribution < 1.29 is 22.7 Å². The van der Waals surface area contributed by atoms with Gasteiger partial charge in [0, 0.05) is 0 Å². The molecule has 0 radical (unpaired) electrons. The molecule has 0 atom stereocenters. The van der Waals surface area contributed by atoms with Crippen LogP contribution in [0.4, 0.5) is 13.2 Å². The van der Waals surface area contributed by atoms with Crippen molar-refractivity contribution in [3.63, 3.8) is 0 Å². The molecule has 0 aliphatic heterocycles. The lowest BCUT2D eigenvalue weighted by molar-refractivity contribution is 0.0730. The van der Waals surface area contributed by atoms with Crippen molar-refractivity contribution in [1.82, 2.24) is 0 Å². The highest BCUT2D eigenvalue weighted by atomic mass is 19.2. The molecule has 0 heterocycles. The van der Waals surface area contributed by atoms with Crippen LogP contribution < -0.4 is 4.74 Å². The largest absolute Gasteiger partial charge is 0.423 e. The van der Waals surface area contributed by atoms with Gasteiger partial charge in [-0.15, -0.1) is 0 Å². The summed E-state index contributed by atoms with van der Waals surface area (Å²) in [5.41, 5.74) is 0.743. The maximum atomic E-state index is 14.7. The first-order valence-corrected chi connectivity index (χ1v) is 10.5. The van der Waals surface area contributed by atoms with Crippen LogP contribution in [0.2, 0.25) is 0 Å². The van der Waals surface area contributed by atoms with Crippen LogP contribution in [0.25, 0.3) is 10.8 Å². The van der Waals surface area contributed by atoms with Gasteiger partial charge in [0.05, 0.1) is 5.56 Å². The summed E-state index contributed by atoms with van der Waals surface area (Å²) < 4.78 is 46.8. The third-order valence-corrected chi connectivity index (χ3v) is 5.98. The van der Waals surface area contributed by atoms with E-state index in [1.54, 1.807) is 6.07 Å². The smallest absolute Gasteiger partial charge is 0.346 e. The lowest BCUT2D eigenvalue weighted by atomic mass is 9.78. The maximum Gasteiger partial charge on any atom is 0.346 e. The molecule has 1 saturated carbocycles. The van der Waals surface area contributed by atoms with E-state index in [1.165, 1.54) is 30.3 Å². The first-order valence-electron chi connectivity index (χ1n) is 10.5. The molecule has 0 amide bonds. The molecule has 5 heteroatoms. The van der Waals surface area contributed by atoms with E-state index in [0.29, 0.717) is 16.7 Å². The van der Waals surface area contributed by atoms with Crippen molar-refractivity contribution in [3.05, 3.63) is 89.3 Å². The van der Waals surface area contributed by atoms with Gasteiger partial charge in [-0.25, -0.2) is 18.0 Å². The maximum absolute atomic E-state index is 14.7. The van der Waals surface area contributed by atoms with E-state index < -0.39 is 23.4 Å². The quantitative estimate of drug-likeness (QED) is 0.249. The van der Waals surface area contributed by atoms with E-state index in [4.69, 9.17) is 4.74 Å². The fourth-order valence-corrected chi connectivity index (χ4v) is 4.31. The fraction of sp³-hybridized carbons (Fsp3) is 0.269. The summed E-state index contributed by atoms with van der Waals surface area (Å²) in [4.78, 5) is 12.5. The molecule has 0 aromatic heterocycles. The lowest BCUT2D eigenvalue weighted by Crippen LogP contribution is -2.14. The highest BCUT2D eigenvalue weighted by molar-refractivity contribution is 5.92. The minimum Gasteiger partial charge on any atom is -0.423 e. The van der Waals surface area contributed by atoms with Crippen molar-refractivity contribution in [3.8, 4) is 5.75 Å². The van der Waals surface area contributed by atoms with Crippen LogP contribution in [0, 0.1) is 23.4 Å². The Morgan fingerprint density at radius 3 is 2.26 bits per heavy atom. The predicted molar refractivity (Wildman–Crippen MR) is 115 cm³/mol. The Morgan fingerprint density at radius 1 is 0.871 bits per heavy atom. The second-order valence-electron chi connectivity index (χ2n) is 8.04. The van der Waals surface area contributed by atoms with Crippen molar-refractivity contribution >= 4 is 16.7 Å². The number of allylic oxidation sites excluding steroid dienone is 2. The second-order valence-corrected chi connectivity index (χ2v) is 8.04. The molecule has 3 aromatic carbocycles. The number of benzene rings is 3. The first kappa shape index (κ1) is 21.2. The number of halogens is 3. The van der Waals surface area contributed by atoms with Crippen LogP contribution in [0.1, 0.15) is 54.4 Å². The molecule has 3 aromatic rings. The fourth-order valence-electron chi connectivity index (χ4n) is 4.31. The third kappa shape index (κ3) is 4.66. The highest BCUT2D eigenvalue weighted by Crippen LogP contribution is 2.37. The van der Waals surface area contributed by atoms with Crippen molar-refractivity contribution in [1.29, 1.82) is 0 Å². The molecule has 0 N–H and O–H groups in total. The minimum absolute atomic E-state index is 0.134. The zero-order valence-corrected chi connectivity index (χ0v) is 17.2. The van der Waals surface area contributed by atoms with Gasteiger partial charge in [-0.3, -0.25) is 0 Å². The molecule has 1 aliphatic rings. The monoisotopic (exact) mass is 424 g/mol. The van der Waals surface area contributed by atoms with Gasteiger partial charge < -0.3 is 4.74 Å². The van der Waals surface area contributed by atoms with Crippen molar-refractivity contribution in [2.45, 2.75) is 38.5 Å². The van der Waals surface area contributed by atoms with Gasteiger partial charge in [0.2, 0.25) is 0 Å². The summed E-state index contributed by atoms with van der Waals surface area (Å²) in [5, 5.41) is 0.854. The van der Waals surface area contributed by atoms with Crippen LogP contribution >= 0.6 is 0 Å². The number of carbonyl (C=O) groups excluding carboxylic acids is 1. The molecular formula is C26H23F3O2. The summed E-state index contributed by atoms with van der Waals surface area (Å²) in [6.45, 7) is 2.02. The van der Waals surface area contributed by atoms with Crippen LogP contribution in [-0.4, -0.2) is 5.97 Å². The molecule has 31 heavy (non-hydrogen) atoms. The van der Waals surface area contributed by atoms with Gasteiger partial charge in [0.15, 0.2) is 11.6 Å². The highest BCUT2D eigenvalue weighted by Gasteiger charge is 2.23. The Morgan fingerprint density at radius 2 is 1.58 bits per heavy atom. The second kappa shape index (κ2) is 8.96. The van der Waals surface area contributed by atoms with Crippen molar-refractivity contribution in [2.75, 3.05) is 0 Å². The van der Waals surface area contributed by atoms with Crippen LogP contribution in [0.3, 0.4) is 0 Å². The average molecular weight is 424 g/mol. The number of hydrogen-bond acceptors (Lipinski definition) is 2. The number of carbonyl (C=O) groups is 1. The summed E-state index contributed by atoms with van der Waals surface area (Å²) in [7, 11) is 0. The Kier molecular flexibility index (Phi) is 6.12. The molecule has 0 unspecified atom stereocenters. The topological polar surface area (TPSA) is 26.3 Å². The molecule has 0 bridgehead atoms. The Labute approximate surface area is 179 Å². The van der Waals surface area contributed by atoms with Gasteiger partial charge in [0.1, 0.15) is 11.6 Å². The Hall–Kier alpha value is -3.08. The molecule has 1 aliphatic carbocycles. The first-order chi connectivity index (χ1) is 14.9. The molecule has 2 nitrogen and oxygen atoms in total. The Balaban J connectivity index is 1.48. The van der Waals surface area contributed by atoms with E-state index in [0.717, 1.165) is 43.4 Å². The van der Waals surface area contributed by atoms with E-state index in [2.05, 4.69) is 12.2 Å². The Bertz CT molecular complexity index is 1140. The van der Waals surface area contributed by atoms with Gasteiger partial charge in [-0.2, -0.15) is 0 Å². The molecule has 1 fully saturated rings. The van der Waals surface area contributed by atoms with Gasteiger partial charge in [-0.1, -0.05) is 24.3 Å². The predicted octanol–water partition coefficient (Wildman–Crippen LogP) is 7.33. The van der Waals surface area contributed by atoms with Crippen LogP contribution in [0.5, 0.6) is 5.75 Å². The van der Waals surface area contributed by atoms with Crippen LogP contribution in [0.15, 0.2) is 60.7 Å². The average Bonchev–Trinajstić information content (AvgIpc) is 2.75. The van der Waals surface area contributed by atoms with Gasteiger partial charge >= 0.3 is 5.97 Å². The normalized spacial score (nSPS) is 19.1. The standard InChI is InChI=1S/C26H23F3O2/c1-2-3-16-4-6-17(7-5-16)18-9-11-22(23(27)13-18)26(30)31-21-10-8-19-14-24(28)25(29)15-20(19)12-21/h2-3,8-17H,4-7H2,1H3/b3-2+. The number of fused-ring (bicyclic) bond motifs is 1. The van der Waals surface area contributed by atoms with E-state index in [-0.39, 0.29) is 17.2 Å². The SMILES string of the molecule is C/C=C/C1CCC(c2ccc(C(=O)Oc3ccc4cc(F)c(F)cc4c3)c(F)c2)CC1. The molecule has 0 saturated heterocycles. The van der Waals surface area contributed by atoms with Crippen LogP contribution in [-0.2, 0) is 0 Å². The molecule has 4 rings (SSSR count). The number of ether oxygens (including phenoxy) is 1. The molecule has 160 valence electrons. The van der Waals surface area contributed by atoms with E-state index in [1.807, 2.05) is 6.92 Å². The third-order valence-electron chi connectivity index (χ3n) is 5.98. The summed E-state index contributed by atoms with van der Waals surface area (Å²) in [6.07, 6.45) is 8.45. The lowest BCUT2D eigenvalue weighted by Gasteiger charge is -2.27. The summed E-state index contributed by atoms with van der Waals surface area (Å²) >= 11 is 0. The summed E-state index contributed by atoms with van der Waals surface area (Å²) in [5.74, 6) is -2.37. The molecular weight excluding hydrogens is 401 g/mol. The molecule has 0 spiro atoms. The zero-order chi connectivity index (χ0) is 22.0. The number of esters is 1. The van der Waals surface area contributed by atoms with Crippen molar-refractivity contribution in [2.24, 2.45) is 5.92 Å². The van der Waals surface area contributed by atoms with Gasteiger partial charge in [0.25, 0.3) is 0 Å². The zero-order valence-electron chi connectivity index (χ0n) is 17.2. The van der Waals surface area contributed by atoms with E-state index >= 15 is 0 Å². The summed E-state index contributed by atoms with van der Waals surface area (Å²) in [6, 6.07) is 11.2. The van der Waals surface area contributed by atoms with E-state index in [9.17, 15) is 18.0 Å². The minimum atomic E-state index is -0.989. The number of rotatable bonds is 4. The number of hydrogen-bond donors (Lipinski definition) is 0.